The highest BCUT2D eigenvalue weighted by atomic mass is 19.4. The average molecular weight is 521 g/mol. The van der Waals surface area contributed by atoms with Crippen LogP contribution in [-0.2, 0) is 12.6 Å². The fraction of sp³-hybridized carbons (Fsp3) is 0.719. The third kappa shape index (κ3) is 6.87. The number of allylic oxidation sites excluding steroid dienone is 2. The van der Waals surface area contributed by atoms with Crippen LogP contribution < -0.4 is 0 Å². The summed E-state index contributed by atoms with van der Waals surface area (Å²) >= 11 is 0. The molecule has 37 heavy (non-hydrogen) atoms. The van der Waals surface area contributed by atoms with E-state index in [0.29, 0.717) is 5.92 Å². The second-order valence-electron chi connectivity index (χ2n) is 12.1. The van der Waals surface area contributed by atoms with Gasteiger partial charge in [0.05, 0.1) is 0 Å². The first kappa shape index (κ1) is 28.4. The van der Waals surface area contributed by atoms with Crippen molar-refractivity contribution in [1.29, 1.82) is 0 Å². The lowest BCUT2D eigenvalue weighted by Gasteiger charge is -2.40. The molecule has 4 rings (SSSR count). The molecule has 1 atom stereocenters. The van der Waals surface area contributed by atoms with Crippen LogP contribution in [0.3, 0.4) is 0 Å². The smallest absolute Gasteiger partial charge is 0.294 e. The van der Waals surface area contributed by atoms with E-state index in [1.54, 1.807) is 6.92 Å². The molecule has 0 amide bonds. The summed E-state index contributed by atoms with van der Waals surface area (Å²) < 4.78 is 55.4. The van der Waals surface area contributed by atoms with Crippen molar-refractivity contribution in [3.05, 3.63) is 46.3 Å². The van der Waals surface area contributed by atoms with Crippen molar-refractivity contribution in [2.45, 2.75) is 116 Å². The summed E-state index contributed by atoms with van der Waals surface area (Å²) in [5.74, 6) is 2.20. The summed E-state index contributed by atoms with van der Waals surface area (Å²) in [6.07, 6.45) is 13.7. The summed E-state index contributed by atoms with van der Waals surface area (Å²) in [5.41, 5.74) is -1.04. The lowest BCUT2D eigenvalue weighted by Crippen LogP contribution is -2.28. The SMILES string of the molecule is CCCC1CCC(C2CCC(C3CC=C(CC(=O)c4ccc(CC)c(F)c4C(F)(F)F)CC3)CC2)CC1. The number of alkyl halides is 3. The summed E-state index contributed by atoms with van der Waals surface area (Å²) in [6.45, 7) is 3.90. The molecule has 0 heterocycles. The van der Waals surface area contributed by atoms with E-state index in [2.05, 4.69) is 13.0 Å². The van der Waals surface area contributed by atoms with Crippen molar-refractivity contribution >= 4 is 5.78 Å². The van der Waals surface area contributed by atoms with Crippen LogP contribution in [-0.4, -0.2) is 5.78 Å². The van der Waals surface area contributed by atoms with Crippen molar-refractivity contribution in [3.63, 3.8) is 0 Å². The van der Waals surface area contributed by atoms with Gasteiger partial charge < -0.3 is 0 Å². The number of benzene rings is 1. The zero-order valence-corrected chi connectivity index (χ0v) is 22.6. The van der Waals surface area contributed by atoms with E-state index in [0.717, 1.165) is 54.6 Å². The number of hydrogen-bond donors (Lipinski definition) is 0. The van der Waals surface area contributed by atoms with Gasteiger partial charge in [-0.1, -0.05) is 63.3 Å². The molecule has 1 aromatic rings. The highest BCUT2D eigenvalue weighted by Crippen LogP contribution is 2.46. The molecule has 1 nitrogen and oxygen atoms in total. The number of carbonyl (C=O) groups excluding carboxylic acids is 1. The van der Waals surface area contributed by atoms with Crippen molar-refractivity contribution in [2.24, 2.45) is 29.6 Å². The van der Waals surface area contributed by atoms with E-state index < -0.39 is 28.9 Å². The van der Waals surface area contributed by atoms with Crippen LogP contribution in [0.1, 0.15) is 125 Å². The Labute approximate surface area is 220 Å². The van der Waals surface area contributed by atoms with Gasteiger partial charge in [-0.15, -0.1) is 0 Å². The Balaban J connectivity index is 1.29. The second kappa shape index (κ2) is 12.5. The Hall–Kier alpha value is -1.65. The number of carbonyl (C=O) groups is 1. The van der Waals surface area contributed by atoms with Gasteiger partial charge in [0.2, 0.25) is 0 Å². The minimum atomic E-state index is -4.89. The van der Waals surface area contributed by atoms with Gasteiger partial charge in [-0.3, -0.25) is 4.79 Å². The molecule has 0 aromatic heterocycles. The van der Waals surface area contributed by atoms with Crippen molar-refractivity contribution in [2.75, 3.05) is 0 Å². The molecule has 3 aliphatic rings. The molecule has 1 aromatic carbocycles. The number of rotatable bonds is 8. The van der Waals surface area contributed by atoms with E-state index in [1.807, 2.05) is 0 Å². The predicted molar refractivity (Wildman–Crippen MR) is 141 cm³/mol. The second-order valence-corrected chi connectivity index (χ2v) is 12.1. The van der Waals surface area contributed by atoms with Crippen LogP contribution >= 0.6 is 0 Å². The summed E-state index contributed by atoms with van der Waals surface area (Å²) in [4.78, 5) is 12.9. The van der Waals surface area contributed by atoms with Crippen LogP contribution in [0.2, 0.25) is 0 Å². The normalized spacial score (nSPS) is 29.1. The Morgan fingerprint density at radius 3 is 1.97 bits per heavy atom. The van der Waals surface area contributed by atoms with Crippen molar-refractivity contribution < 1.29 is 22.4 Å². The van der Waals surface area contributed by atoms with E-state index in [-0.39, 0.29) is 18.4 Å². The standard InChI is InChI=1S/C32H44F4O/c1-3-5-21-6-10-24(11-7-21)26-14-16-27(17-15-26)25-12-8-22(9-13-25)20-29(37)28-19-18-23(4-2)31(33)30(28)32(34,35)36/h8,18-19,21,24-27H,3-7,9-17,20H2,1-2H3. The van der Waals surface area contributed by atoms with Gasteiger partial charge in [0.1, 0.15) is 11.4 Å². The van der Waals surface area contributed by atoms with Crippen LogP contribution in [0.4, 0.5) is 17.6 Å². The summed E-state index contributed by atoms with van der Waals surface area (Å²) in [6, 6.07) is 2.48. The van der Waals surface area contributed by atoms with E-state index in [1.165, 1.54) is 70.3 Å². The predicted octanol–water partition coefficient (Wildman–Crippen LogP) is 10.1. The monoisotopic (exact) mass is 520 g/mol. The van der Waals surface area contributed by atoms with Gasteiger partial charge in [0.15, 0.2) is 5.78 Å². The van der Waals surface area contributed by atoms with Gasteiger partial charge in [0, 0.05) is 12.0 Å². The molecule has 3 aliphatic carbocycles. The summed E-state index contributed by atoms with van der Waals surface area (Å²) in [5, 5.41) is 0. The molecule has 206 valence electrons. The minimum absolute atomic E-state index is 0.0116. The van der Waals surface area contributed by atoms with Gasteiger partial charge in [-0.05, 0) is 99.4 Å². The fourth-order valence-corrected chi connectivity index (χ4v) is 7.65. The Bertz CT molecular complexity index is 946. The third-order valence-corrected chi connectivity index (χ3v) is 9.86. The molecular formula is C32H44F4O. The molecule has 2 saturated carbocycles. The quantitative estimate of drug-likeness (QED) is 0.189. The molecule has 0 bridgehead atoms. The lowest BCUT2D eigenvalue weighted by molar-refractivity contribution is -0.140. The van der Waals surface area contributed by atoms with Crippen LogP contribution in [0, 0.1) is 35.4 Å². The highest BCUT2D eigenvalue weighted by molar-refractivity contribution is 5.99. The molecule has 1 unspecified atom stereocenters. The first-order valence-electron chi connectivity index (χ1n) is 14.8. The van der Waals surface area contributed by atoms with E-state index in [4.69, 9.17) is 0 Å². The fourth-order valence-electron chi connectivity index (χ4n) is 7.65. The number of halogens is 4. The molecule has 0 radical (unpaired) electrons. The maximum Gasteiger partial charge on any atom is 0.419 e. The van der Waals surface area contributed by atoms with Gasteiger partial charge in [0.25, 0.3) is 0 Å². The molecule has 0 saturated heterocycles. The van der Waals surface area contributed by atoms with Crippen molar-refractivity contribution in [3.8, 4) is 0 Å². The highest BCUT2D eigenvalue weighted by Gasteiger charge is 2.40. The molecular weight excluding hydrogens is 476 g/mol. The Morgan fingerprint density at radius 2 is 1.46 bits per heavy atom. The third-order valence-electron chi connectivity index (χ3n) is 9.86. The zero-order valence-electron chi connectivity index (χ0n) is 22.6. The van der Waals surface area contributed by atoms with Crippen molar-refractivity contribution in [1.82, 2.24) is 0 Å². The van der Waals surface area contributed by atoms with E-state index in [9.17, 15) is 22.4 Å². The first-order chi connectivity index (χ1) is 17.7. The van der Waals surface area contributed by atoms with E-state index >= 15 is 0 Å². The topological polar surface area (TPSA) is 17.1 Å². The lowest BCUT2D eigenvalue weighted by atomic mass is 9.65. The number of ketones is 1. The molecule has 5 heteroatoms. The largest absolute Gasteiger partial charge is 0.419 e. The zero-order chi connectivity index (χ0) is 26.6. The molecule has 0 spiro atoms. The van der Waals surface area contributed by atoms with Crippen LogP contribution in [0.5, 0.6) is 0 Å². The van der Waals surface area contributed by atoms with Crippen LogP contribution in [0.15, 0.2) is 23.8 Å². The number of aryl methyl sites for hydroxylation is 1. The maximum atomic E-state index is 14.5. The molecule has 0 N–H and O–H groups in total. The van der Waals surface area contributed by atoms with Gasteiger partial charge in [-0.2, -0.15) is 13.2 Å². The molecule has 2 fully saturated rings. The number of Topliss-reactive ketones (excluding diaryl/α,β-unsaturated/α-hetero) is 1. The Kier molecular flexibility index (Phi) is 9.56. The maximum absolute atomic E-state index is 14.5. The summed E-state index contributed by atoms with van der Waals surface area (Å²) in [7, 11) is 0. The van der Waals surface area contributed by atoms with Gasteiger partial charge >= 0.3 is 6.18 Å². The Morgan fingerprint density at radius 1 is 0.865 bits per heavy atom. The van der Waals surface area contributed by atoms with Crippen LogP contribution in [0.25, 0.3) is 0 Å². The molecule has 0 aliphatic heterocycles. The van der Waals surface area contributed by atoms with Gasteiger partial charge in [-0.25, -0.2) is 4.39 Å². The average Bonchev–Trinajstić information content (AvgIpc) is 2.89. The first-order valence-corrected chi connectivity index (χ1v) is 14.8. The minimum Gasteiger partial charge on any atom is -0.294 e. The number of hydrogen-bond acceptors (Lipinski definition) is 1.